The number of carbonyl (C=O) groups is 1. The summed E-state index contributed by atoms with van der Waals surface area (Å²) in [5.74, 6) is -0.909. The molecule has 0 amide bonds. The van der Waals surface area contributed by atoms with Crippen molar-refractivity contribution in [2.45, 2.75) is 32.3 Å². The highest BCUT2D eigenvalue weighted by atomic mass is 19.3. The monoisotopic (exact) mass is 326 g/mol. The largest absolute Gasteiger partial charge is 0.368 e. The summed E-state index contributed by atoms with van der Waals surface area (Å²) in [5.41, 5.74) is -3.36. The fourth-order valence-corrected chi connectivity index (χ4v) is 2.32. The summed E-state index contributed by atoms with van der Waals surface area (Å²) in [7, 11) is 1.25. The Morgan fingerprint density at radius 1 is 1.48 bits per heavy atom. The Balaban J connectivity index is 3.61. The topological polar surface area (TPSA) is 63.0 Å². The molecule has 0 aliphatic heterocycles. The molecule has 124 valence electrons. The fraction of sp³-hybridized carbons (Fsp3) is 0.438. The Morgan fingerprint density at radius 3 is 2.61 bits per heavy atom. The summed E-state index contributed by atoms with van der Waals surface area (Å²) in [6.45, 7) is 3.19. The van der Waals surface area contributed by atoms with Crippen LogP contribution < -0.4 is 0 Å². The second-order valence-electron chi connectivity index (χ2n) is 5.73. The van der Waals surface area contributed by atoms with E-state index in [0.29, 0.717) is 12.4 Å². The van der Waals surface area contributed by atoms with Crippen LogP contribution in [-0.4, -0.2) is 18.4 Å². The van der Waals surface area contributed by atoms with Crippen LogP contribution in [0.25, 0.3) is 0 Å². The van der Waals surface area contributed by atoms with Gasteiger partial charge in [-0.1, -0.05) is 13.8 Å². The number of nitriles is 1. The lowest BCUT2D eigenvalue weighted by molar-refractivity contribution is -0.118. The third kappa shape index (κ3) is 4.39. The number of pyridine rings is 1. The molecule has 0 aliphatic rings. The average Bonchev–Trinajstić information content (AvgIpc) is 2.51. The van der Waals surface area contributed by atoms with Gasteiger partial charge in [-0.2, -0.15) is 5.26 Å². The van der Waals surface area contributed by atoms with Crippen molar-refractivity contribution in [3.63, 3.8) is 0 Å². The van der Waals surface area contributed by atoms with Gasteiger partial charge in [-0.3, -0.25) is 4.98 Å². The summed E-state index contributed by atoms with van der Waals surface area (Å²) in [6, 6.07) is 2.43. The Labute approximate surface area is 132 Å². The molecule has 0 aromatic carbocycles. The molecule has 0 N–H and O–H groups in total. The third-order valence-electron chi connectivity index (χ3n) is 3.35. The smallest absolute Gasteiger partial charge is 0.265 e. The van der Waals surface area contributed by atoms with Crippen LogP contribution in [0.15, 0.2) is 24.4 Å². The first-order valence-corrected chi connectivity index (χ1v) is 6.74. The van der Waals surface area contributed by atoms with Crippen molar-refractivity contribution in [1.29, 1.82) is 5.26 Å². The van der Waals surface area contributed by atoms with Crippen molar-refractivity contribution in [3.8, 4) is 6.07 Å². The molecular weight excluding hydrogens is 309 g/mol. The molecule has 1 rings (SSSR count). The number of alkyl halides is 2. The maximum atomic E-state index is 13.3. The molecule has 4 nitrogen and oxygen atoms in total. The molecule has 1 aromatic rings. The van der Waals surface area contributed by atoms with E-state index in [1.807, 2.05) is 0 Å². The van der Waals surface area contributed by atoms with Crippen LogP contribution in [0.2, 0.25) is 0 Å². The van der Waals surface area contributed by atoms with E-state index in [1.165, 1.54) is 13.2 Å². The molecule has 1 aromatic heterocycles. The van der Waals surface area contributed by atoms with Crippen LogP contribution >= 0.6 is 0 Å². The first-order valence-electron chi connectivity index (χ1n) is 6.74. The first-order chi connectivity index (χ1) is 10.7. The van der Waals surface area contributed by atoms with Gasteiger partial charge < -0.3 is 9.53 Å². The number of hydrogen-bond donors (Lipinski definition) is 0. The maximum Gasteiger partial charge on any atom is 0.265 e. The van der Waals surface area contributed by atoms with Crippen LogP contribution in [-0.2, 0) is 15.1 Å². The number of rotatable bonds is 7. The second kappa shape index (κ2) is 7.38. The summed E-state index contributed by atoms with van der Waals surface area (Å²) in [6.07, 6.45) is 0.735. The van der Waals surface area contributed by atoms with E-state index in [4.69, 9.17) is 10.00 Å². The van der Waals surface area contributed by atoms with Gasteiger partial charge in [-0.05, 0) is 18.6 Å². The third-order valence-corrected chi connectivity index (χ3v) is 3.35. The molecule has 0 aliphatic carbocycles. The first kappa shape index (κ1) is 18.8. The molecule has 0 fully saturated rings. The number of ether oxygens (including phenoxy) is 1. The zero-order valence-corrected chi connectivity index (χ0v) is 13.0. The number of aromatic nitrogens is 1. The van der Waals surface area contributed by atoms with Gasteiger partial charge in [0.25, 0.3) is 6.43 Å². The average molecular weight is 326 g/mol. The highest BCUT2D eigenvalue weighted by molar-refractivity contribution is 5.58. The zero-order chi connectivity index (χ0) is 17.7. The summed E-state index contributed by atoms with van der Waals surface area (Å²) in [5, 5.41) is 8.76. The van der Waals surface area contributed by atoms with E-state index in [9.17, 15) is 18.0 Å². The van der Waals surface area contributed by atoms with Gasteiger partial charge >= 0.3 is 0 Å². The van der Waals surface area contributed by atoms with Gasteiger partial charge in [0.2, 0.25) is 0 Å². The van der Waals surface area contributed by atoms with E-state index in [1.54, 1.807) is 19.9 Å². The molecule has 23 heavy (non-hydrogen) atoms. The summed E-state index contributed by atoms with van der Waals surface area (Å²) >= 11 is 0. The highest BCUT2D eigenvalue weighted by Crippen LogP contribution is 2.41. The van der Waals surface area contributed by atoms with Gasteiger partial charge in [0, 0.05) is 24.2 Å². The van der Waals surface area contributed by atoms with E-state index in [2.05, 4.69) is 4.98 Å². The van der Waals surface area contributed by atoms with Crippen molar-refractivity contribution < 1.29 is 22.7 Å². The van der Waals surface area contributed by atoms with Gasteiger partial charge in [-0.15, -0.1) is 0 Å². The van der Waals surface area contributed by atoms with E-state index in [-0.39, 0.29) is 12.1 Å². The number of carbonyl (C=O) groups excluding carboxylic acids is 1. The van der Waals surface area contributed by atoms with E-state index >= 15 is 0 Å². The number of nitrogens with zero attached hydrogens (tertiary/aromatic N) is 2. The number of aldehydes is 1. The minimum atomic E-state index is -2.99. The number of allylic oxidation sites excluding steroid dienone is 1. The minimum Gasteiger partial charge on any atom is -0.368 e. The number of halogens is 3. The van der Waals surface area contributed by atoms with Gasteiger partial charge in [0.15, 0.2) is 0 Å². The Morgan fingerprint density at radius 2 is 2.13 bits per heavy atom. The van der Waals surface area contributed by atoms with Crippen LogP contribution in [0, 0.1) is 22.6 Å². The normalized spacial score (nSPS) is 14.7. The Bertz CT molecular complexity index is 639. The highest BCUT2D eigenvalue weighted by Gasteiger charge is 2.40. The lowest BCUT2D eigenvalue weighted by atomic mass is 9.78. The predicted molar refractivity (Wildman–Crippen MR) is 77.1 cm³/mol. The molecule has 0 spiro atoms. The molecule has 1 heterocycles. The van der Waals surface area contributed by atoms with Gasteiger partial charge in [0.05, 0.1) is 18.0 Å². The van der Waals surface area contributed by atoms with Crippen LogP contribution in [0.3, 0.4) is 0 Å². The standard InChI is InChI=1S/C16H17F3N2O2/c1-15(2,10-22)9-16(23-3,5-4-6-20)13-12(14(18)19)7-11(17)8-21-13/h4-5,7-8,10,14H,9H2,1-3H3/t16-/m1/s1. The predicted octanol–water partition coefficient (Wildman–Crippen LogP) is 3.69. The van der Waals surface area contributed by atoms with Crippen LogP contribution in [0.4, 0.5) is 13.2 Å². The molecule has 0 bridgehead atoms. The van der Waals surface area contributed by atoms with E-state index in [0.717, 1.165) is 12.3 Å². The molecule has 0 unspecified atom stereocenters. The van der Waals surface area contributed by atoms with Gasteiger partial charge in [-0.25, -0.2) is 13.2 Å². The molecule has 0 saturated heterocycles. The zero-order valence-electron chi connectivity index (χ0n) is 13.0. The molecular formula is C16H17F3N2O2. The summed E-state index contributed by atoms with van der Waals surface area (Å²) < 4.78 is 45.3. The lowest BCUT2D eigenvalue weighted by Gasteiger charge is -2.35. The molecule has 0 saturated carbocycles. The lowest BCUT2D eigenvalue weighted by Crippen LogP contribution is -2.35. The second-order valence-corrected chi connectivity index (χ2v) is 5.73. The summed E-state index contributed by atoms with van der Waals surface area (Å²) in [4.78, 5) is 15.0. The number of methoxy groups -OCH3 is 1. The quantitative estimate of drug-likeness (QED) is 0.566. The molecule has 1 atom stereocenters. The van der Waals surface area contributed by atoms with Crippen LogP contribution in [0.1, 0.15) is 38.0 Å². The van der Waals surface area contributed by atoms with Crippen molar-refractivity contribution >= 4 is 6.29 Å². The van der Waals surface area contributed by atoms with Crippen molar-refractivity contribution in [3.05, 3.63) is 41.5 Å². The van der Waals surface area contributed by atoms with E-state index < -0.39 is 28.8 Å². The van der Waals surface area contributed by atoms with Crippen LogP contribution in [0.5, 0.6) is 0 Å². The Hall–Kier alpha value is -2.20. The van der Waals surface area contributed by atoms with Gasteiger partial charge in [0.1, 0.15) is 17.7 Å². The molecule has 7 heteroatoms. The fourth-order valence-electron chi connectivity index (χ4n) is 2.32. The molecule has 0 radical (unpaired) electrons. The minimum absolute atomic E-state index is 0.0451. The van der Waals surface area contributed by atoms with Crippen molar-refractivity contribution in [2.75, 3.05) is 7.11 Å². The van der Waals surface area contributed by atoms with Crippen molar-refractivity contribution in [1.82, 2.24) is 4.98 Å². The van der Waals surface area contributed by atoms with Crippen molar-refractivity contribution in [2.24, 2.45) is 5.41 Å². The SMILES string of the molecule is CO[C@](C=CC#N)(CC(C)(C)C=O)c1ncc(F)cc1C(F)F. The maximum absolute atomic E-state index is 13.3. The Kier molecular flexibility index (Phi) is 6.05. The number of hydrogen-bond acceptors (Lipinski definition) is 4.